The number of hydrogen-bond acceptors (Lipinski definition) is 4. The van der Waals surface area contributed by atoms with Gasteiger partial charge in [0.25, 0.3) is 5.91 Å². The molecule has 152 valence electrons. The van der Waals surface area contributed by atoms with E-state index < -0.39 is 0 Å². The number of aromatic amines is 1. The second-order valence-corrected chi connectivity index (χ2v) is 7.79. The molecule has 4 rings (SSSR count). The van der Waals surface area contributed by atoms with E-state index in [0.717, 1.165) is 49.7 Å². The van der Waals surface area contributed by atoms with E-state index >= 15 is 0 Å². The van der Waals surface area contributed by atoms with Crippen LogP contribution >= 0.6 is 0 Å². The van der Waals surface area contributed by atoms with Crippen molar-refractivity contribution in [3.8, 4) is 0 Å². The van der Waals surface area contributed by atoms with Crippen molar-refractivity contribution >= 4 is 16.9 Å². The lowest BCUT2D eigenvalue weighted by molar-refractivity contribution is 0.0166. The maximum atomic E-state index is 12.4. The number of carbonyl (C=O) groups is 1. The predicted octanol–water partition coefficient (Wildman–Crippen LogP) is 2.76. The number of hydrogen-bond donors (Lipinski definition) is 2. The highest BCUT2D eigenvalue weighted by Crippen LogP contribution is 2.30. The molecular weight excluding hydrogens is 358 g/mol. The fraction of sp³-hybridized carbons (Fsp3) is 0.619. The Morgan fingerprint density at radius 2 is 2.11 bits per heavy atom. The molecule has 1 atom stereocenters. The zero-order valence-electron chi connectivity index (χ0n) is 16.2. The fourth-order valence-corrected chi connectivity index (χ4v) is 4.27. The molecule has 1 aromatic heterocycles. The standard InChI is InChI=1S/C21H29N3O4/c25-20(22-10-4-11-27-14-17-7-3-12-28-17)15-8-9-19-18(13-15)23-21(26)24(19)16-5-1-2-6-16/h8-9,13,16-17H,1-7,10-12,14H2,(H,22,25)(H,23,26). The average molecular weight is 387 g/mol. The molecule has 1 amide bonds. The molecule has 2 aliphatic rings. The Hall–Kier alpha value is -2.12. The van der Waals surface area contributed by atoms with Crippen molar-refractivity contribution in [2.45, 2.75) is 57.1 Å². The molecule has 2 fully saturated rings. The van der Waals surface area contributed by atoms with E-state index in [-0.39, 0.29) is 23.7 Å². The Morgan fingerprint density at radius 3 is 2.89 bits per heavy atom. The van der Waals surface area contributed by atoms with Crippen molar-refractivity contribution in [2.24, 2.45) is 0 Å². The monoisotopic (exact) mass is 387 g/mol. The summed E-state index contributed by atoms with van der Waals surface area (Å²) in [6.07, 6.45) is 7.61. The molecule has 1 saturated heterocycles. The highest BCUT2D eigenvalue weighted by molar-refractivity contribution is 5.97. The molecule has 7 heteroatoms. The Labute approximate surface area is 164 Å². The smallest absolute Gasteiger partial charge is 0.326 e. The summed E-state index contributed by atoms with van der Waals surface area (Å²) in [5, 5.41) is 2.92. The van der Waals surface area contributed by atoms with Crippen LogP contribution in [0.5, 0.6) is 0 Å². The van der Waals surface area contributed by atoms with Gasteiger partial charge >= 0.3 is 5.69 Å². The third kappa shape index (κ3) is 4.31. The predicted molar refractivity (Wildman–Crippen MR) is 107 cm³/mol. The van der Waals surface area contributed by atoms with Crippen molar-refractivity contribution in [3.05, 3.63) is 34.2 Å². The number of H-pyrrole nitrogens is 1. The second kappa shape index (κ2) is 8.92. The molecule has 0 bridgehead atoms. The van der Waals surface area contributed by atoms with Gasteiger partial charge in [0, 0.05) is 31.4 Å². The third-order valence-corrected chi connectivity index (χ3v) is 5.75. The topological polar surface area (TPSA) is 85.3 Å². The van der Waals surface area contributed by atoms with E-state index in [9.17, 15) is 9.59 Å². The molecule has 0 spiro atoms. The lowest BCUT2D eigenvalue weighted by Gasteiger charge is -2.11. The molecule has 2 aromatic rings. The van der Waals surface area contributed by atoms with Crippen LogP contribution in [0.4, 0.5) is 0 Å². The number of carbonyl (C=O) groups excluding carboxylic acids is 1. The summed E-state index contributed by atoms with van der Waals surface area (Å²) in [4.78, 5) is 27.7. The molecule has 2 heterocycles. The second-order valence-electron chi connectivity index (χ2n) is 7.79. The first-order valence-corrected chi connectivity index (χ1v) is 10.4. The minimum atomic E-state index is -0.129. The highest BCUT2D eigenvalue weighted by atomic mass is 16.5. The molecule has 1 aromatic carbocycles. The number of fused-ring (bicyclic) bond motifs is 1. The van der Waals surface area contributed by atoms with Crippen molar-refractivity contribution in [3.63, 3.8) is 0 Å². The SMILES string of the molecule is O=C(NCCCOCC1CCCO1)c1ccc2c(c1)[nH]c(=O)n2C1CCCC1. The summed E-state index contributed by atoms with van der Waals surface area (Å²) in [5.41, 5.74) is 2.09. The maximum absolute atomic E-state index is 12.4. The Kier molecular flexibility index (Phi) is 6.12. The van der Waals surface area contributed by atoms with Crippen LogP contribution in [0.2, 0.25) is 0 Å². The van der Waals surface area contributed by atoms with Gasteiger partial charge in [-0.2, -0.15) is 0 Å². The van der Waals surface area contributed by atoms with E-state index in [1.807, 2.05) is 10.6 Å². The summed E-state index contributed by atoms with van der Waals surface area (Å²) in [6, 6.07) is 5.72. The average Bonchev–Trinajstić information content (AvgIpc) is 3.43. The first-order chi connectivity index (χ1) is 13.7. The minimum absolute atomic E-state index is 0.0807. The quantitative estimate of drug-likeness (QED) is 0.682. The lowest BCUT2D eigenvalue weighted by Crippen LogP contribution is -2.25. The molecule has 28 heavy (non-hydrogen) atoms. The van der Waals surface area contributed by atoms with Crippen LogP contribution in [-0.4, -0.2) is 47.9 Å². The summed E-state index contributed by atoms with van der Waals surface area (Å²) in [5.74, 6) is -0.129. The molecular formula is C21H29N3O4. The number of ether oxygens (including phenoxy) is 2. The normalized spacial score (nSPS) is 20.2. The van der Waals surface area contributed by atoms with E-state index in [1.165, 1.54) is 12.8 Å². The van der Waals surface area contributed by atoms with Crippen LogP contribution < -0.4 is 11.0 Å². The highest BCUT2D eigenvalue weighted by Gasteiger charge is 2.21. The van der Waals surface area contributed by atoms with Crippen LogP contribution in [0, 0.1) is 0 Å². The Balaban J connectivity index is 1.28. The zero-order chi connectivity index (χ0) is 19.3. The van der Waals surface area contributed by atoms with E-state index in [4.69, 9.17) is 9.47 Å². The van der Waals surface area contributed by atoms with Crippen LogP contribution in [0.3, 0.4) is 0 Å². The fourth-order valence-electron chi connectivity index (χ4n) is 4.27. The van der Waals surface area contributed by atoms with Gasteiger partial charge in [-0.05, 0) is 50.3 Å². The molecule has 1 saturated carbocycles. The summed E-state index contributed by atoms with van der Waals surface area (Å²) < 4.78 is 13.0. The van der Waals surface area contributed by atoms with E-state index in [2.05, 4.69) is 10.3 Å². The van der Waals surface area contributed by atoms with Crippen molar-refractivity contribution in [1.82, 2.24) is 14.9 Å². The number of rotatable bonds is 8. The largest absolute Gasteiger partial charge is 0.379 e. The van der Waals surface area contributed by atoms with Gasteiger partial charge in [-0.25, -0.2) is 4.79 Å². The summed E-state index contributed by atoms with van der Waals surface area (Å²) in [6.45, 7) is 2.64. The van der Waals surface area contributed by atoms with Crippen LogP contribution in [0.1, 0.15) is 61.3 Å². The number of nitrogens with zero attached hydrogens (tertiary/aromatic N) is 1. The Bertz CT molecular complexity index is 860. The summed E-state index contributed by atoms with van der Waals surface area (Å²) in [7, 11) is 0. The molecule has 7 nitrogen and oxygen atoms in total. The van der Waals surface area contributed by atoms with Gasteiger partial charge in [0.2, 0.25) is 0 Å². The van der Waals surface area contributed by atoms with Gasteiger partial charge in [0.1, 0.15) is 0 Å². The van der Waals surface area contributed by atoms with Gasteiger partial charge in [0.05, 0.1) is 23.7 Å². The number of amides is 1. The molecule has 1 aliphatic carbocycles. The minimum Gasteiger partial charge on any atom is -0.379 e. The van der Waals surface area contributed by atoms with Gasteiger partial charge < -0.3 is 19.8 Å². The lowest BCUT2D eigenvalue weighted by atomic mass is 10.1. The first kappa shape index (κ1) is 19.2. The molecule has 0 radical (unpaired) electrons. The third-order valence-electron chi connectivity index (χ3n) is 5.75. The molecule has 2 N–H and O–H groups in total. The number of benzene rings is 1. The van der Waals surface area contributed by atoms with Gasteiger partial charge in [0.15, 0.2) is 0 Å². The molecule has 1 aliphatic heterocycles. The summed E-state index contributed by atoms with van der Waals surface area (Å²) >= 11 is 0. The van der Waals surface area contributed by atoms with Crippen molar-refractivity contribution in [2.75, 3.05) is 26.4 Å². The number of nitrogens with one attached hydrogen (secondary N) is 2. The maximum Gasteiger partial charge on any atom is 0.326 e. The van der Waals surface area contributed by atoms with Crippen molar-refractivity contribution in [1.29, 1.82) is 0 Å². The van der Waals surface area contributed by atoms with Crippen LogP contribution in [-0.2, 0) is 9.47 Å². The van der Waals surface area contributed by atoms with Gasteiger partial charge in [-0.3, -0.25) is 9.36 Å². The zero-order valence-corrected chi connectivity index (χ0v) is 16.2. The van der Waals surface area contributed by atoms with Gasteiger partial charge in [-0.15, -0.1) is 0 Å². The number of aromatic nitrogens is 2. The van der Waals surface area contributed by atoms with E-state index in [0.29, 0.717) is 25.3 Å². The van der Waals surface area contributed by atoms with Crippen LogP contribution in [0.25, 0.3) is 11.0 Å². The first-order valence-electron chi connectivity index (χ1n) is 10.4. The van der Waals surface area contributed by atoms with E-state index in [1.54, 1.807) is 12.1 Å². The van der Waals surface area contributed by atoms with Gasteiger partial charge in [-0.1, -0.05) is 12.8 Å². The van der Waals surface area contributed by atoms with Crippen molar-refractivity contribution < 1.29 is 14.3 Å². The van der Waals surface area contributed by atoms with Crippen LogP contribution in [0.15, 0.2) is 23.0 Å². The Morgan fingerprint density at radius 1 is 1.25 bits per heavy atom. The number of imidazole rings is 1. The molecule has 1 unspecified atom stereocenters.